The maximum absolute atomic E-state index is 13.8. The van der Waals surface area contributed by atoms with Gasteiger partial charge in [-0.05, 0) is 23.6 Å². The maximum atomic E-state index is 13.8. The fraction of sp³-hybridized carbons (Fsp3) is 0.333. The molecular weight excluding hydrogens is 408 g/mol. The Morgan fingerprint density at radius 3 is 2.47 bits per heavy atom. The molecule has 162 valence electrons. The standard InChI is InChI=1S/C24H22N4O4/c29-21-7-3-6-20-17-8-18(12-26(11-17)23(30)19-13-32-14-25-19)22(28(20)21)24(31)27-9-15-4-1-2-5-16(15)10-27/h1-7,13-14,17-18,22H,8-12H2/t17-,18+,22+/m0/s1. The number of oxazole rings is 1. The van der Waals surface area contributed by atoms with Crippen molar-refractivity contribution in [2.45, 2.75) is 31.5 Å². The number of likely N-dealkylation sites (tertiary alicyclic amines) is 1. The van der Waals surface area contributed by atoms with Crippen LogP contribution in [0.4, 0.5) is 0 Å². The summed E-state index contributed by atoms with van der Waals surface area (Å²) in [7, 11) is 0. The highest BCUT2D eigenvalue weighted by molar-refractivity contribution is 5.92. The van der Waals surface area contributed by atoms with E-state index in [2.05, 4.69) is 4.98 Å². The van der Waals surface area contributed by atoms with Crippen molar-refractivity contribution in [1.29, 1.82) is 0 Å². The normalized spacial score (nSPS) is 23.6. The first-order chi connectivity index (χ1) is 15.6. The third-order valence-electron chi connectivity index (χ3n) is 6.99. The SMILES string of the molecule is O=C(c1cocn1)N1C[C@@H]2C[C@H](C1)[C@H](C(=O)N1Cc3ccccc3C1)n1c2cccc1=O. The molecule has 0 aliphatic carbocycles. The van der Waals surface area contributed by atoms with E-state index in [-0.39, 0.29) is 34.9 Å². The molecule has 2 bridgehead atoms. The number of carbonyl (C=O) groups is 2. The van der Waals surface area contributed by atoms with Gasteiger partial charge >= 0.3 is 0 Å². The van der Waals surface area contributed by atoms with Crippen molar-refractivity contribution in [1.82, 2.24) is 19.4 Å². The second-order valence-corrected chi connectivity index (χ2v) is 8.84. The minimum absolute atomic E-state index is 0.00155. The van der Waals surface area contributed by atoms with Gasteiger partial charge in [0.15, 0.2) is 12.1 Å². The van der Waals surface area contributed by atoms with Gasteiger partial charge in [0.1, 0.15) is 12.3 Å². The van der Waals surface area contributed by atoms with Crippen LogP contribution in [0.2, 0.25) is 0 Å². The number of nitrogens with zero attached hydrogens (tertiary/aromatic N) is 4. The molecule has 0 radical (unpaired) electrons. The van der Waals surface area contributed by atoms with Crippen LogP contribution in [-0.2, 0) is 17.9 Å². The van der Waals surface area contributed by atoms with E-state index in [9.17, 15) is 14.4 Å². The van der Waals surface area contributed by atoms with Gasteiger partial charge in [0.2, 0.25) is 5.91 Å². The van der Waals surface area contributed by atoms with Gasteiger partial charge in [0.05, 0.1) is 0 Å². The maximum Gasteiger partial charge on any atom is 0.275 e. The van der Waals surface area contributed by atoms with Crippen LogP contribution in [0.3, 0.4) is 0 Å². The summed E-state index contributed by atoms with van der Waals surface area (Å²) < 4.78 is 6.67. The lowest BCUT2D eigenvalue weighted by atomic mass is 9.78. The summed E-state index contributed by atoms with van der Waals surface area (Å²) in [6, 6.07) is 12.6. The quantitative estimate of drug-likeness (QED) is 0.622. The van der Waals surface area contributed by atoms with Crippen molar-refractivity contribution in [2.75, 3.05) is 13.1 Å². The Hall–Kier alpha value is -3.68. The summed E-state index contributed by atoms with van der Waals surface area (Å²) in [6.45, 7) is 1.97. The summed E-state index contributed by atoms with van der Waals surface area (Å²) >= 11 is 0. The van der Waals surface area contributed by atoms with Crippen LogP contribution in [0.25, 0.3) is 0 Å². The first kappa shape index (κ1) is 19.0. The molecule has 0 spiro atoms. The predicted molar refractivity (Wildman–Crippen MR) is 114 cm³/mol. The zero-order valence-electron chi connectivity index (χ0n) is 17.4. The lowest BCUT2D eigenvalue weighted by Gasteiger charge is -2.46. The van der Waals surface area contributed by atoms with Gasteiger partial charge in [-0.1, -0.05) is 30.3 Å². The number of amides is 2. The number of rotatable bonds is 2. The summed E-state index contributed by atoms with van der Waals surface area (Å²) in [4.78, 5) is 47.3. The molecule has 2 amide bonds. The largest absolute Gasteiger partial charge is 0.451 e. The number of piperidine rings is 1. The van der Waals surface area contributed by atoms with Gasteiger partial charge in [-0.2, -0.15) is 0 Å². The van der Waals surface area contributed by atoms with E-state index in [1.165, 1.54) is 18.7 Å². The molecule has 1 saturated heterocycles. The number of benzene rings is 1. The Balaban J connectivity index is 1.37. The van der Waals surface area contributed by atoms with Crippen LogP contribution in [0.5, 0.6) is 0 Å². The molecule has 3 aliphatic rings. The van der Waals surface area contributed by atoms with E-state index in [1.807, 2.05) is 35.2 Å². The highest BCUT2D eigenvalue weighted by Crippen LogP contribution is 2.42. The molecule has 8 heteroatoms. The van der Waals surface area contributed by atoms with E-state index in [4.69, 9.17) is 4.42 Å². The molecule has 8 nitrogen and oxygen atoms in total. The van der Waals surface area contributed by atoms with Crippen molar-refractivity contribution in [3.63, 3.8) is 0 Å². The molecule has 0 N–H and O–H groups in total. The number of carbonyl (C=O) groups excluding carboxylic acids is 2. The minimum atomic E-state index is -0.628. The molecule has 2 aromatic heterocycles. The Kier molecular flexibility index (Phi) is 4.28. The Labute approximate surface area is 184 Å². The number of hydrogen-bond donors (Lipinski definition) is 0. The summed E-state index contributed by atoms with van der Waals surface area (Å²) in [5.74, 6) is -0.415. The van der Waals surface area contributed by atoms with Gasteiger partial charge in [-0.15, -0.1) is 0 Å². The molecule has 3 aromatic rings. The van der Waals surface area contributed by atoms with E-state index in [1.54, 1.807) is 15.5 Å². The highest BCUT2D eigenvalue weighted by atomic mass is 16.3. The third-order valence-corrected chi connectivity index (χ3v) is 6.99. The lowest BCUT2D eigenvalue weighted by Crippen LogP contribution is -2.54. The number of fused-ring (bicyclic) bond motifs is 5. The minimum Gasteiger partial charge on any atom is -0.451 e. The molecule has 0 unspecified atom stereocenters. The fourth-order valence-electron chi connectivity index (χ4n) is 5.57. The molecule has 3 aliphatic heterocycles. The van der Waals surface area contributed by atoms with Crippen molar-refractivity contribution in [3.8, 4) is 0 Å². The molecule has 6 rings (SSSR count). The van der Waals surface area contributed by atoms with Gasteiger partial charge in [0.25, 0.3) is 11.5 Å². The molecule has 32 heavy (non-hydrogen) atoms. The third kappa shape index (κ3) is 2.90. The molecule has 3 atom stereocenters. The average Bonchev–Trinajstić information content (AvgIpc) is 3.49. The van der Waals surface area contributed by atoms with E-state index in [0.29, 0.717) is 26.2 Å². The van der Waals surface area contributed by atoms with Gasteiger partial charge < -0.3 is 14.2 Å². The topological polar surface area (TPSA) is 88.7 Å². The highest BCUT2D eigenvalue weighted by Gasteiger charge is 2.46. The number of pyridine rings is 1. The van der Waals surface area contributed by atoms with Crippen LogP contribution < -0.4 is 5.56 Å². The van der Waals surface area contributed by atoms with Crippen LogP contribution >= 0.6 is 0 Å². The predicted octanol–water partition coefficient (Wildman–Crippen LogP) is 2.18. The monoisotopic (exact) mass is 430 g/mol. The first-order valence-electron chi connectivity index (χ1n) is 10.8. The Morgan fingerprint density at radius 1 is 0.969 bits per heavy atom. The second kappa shape index (κ2) is 7.19. The molecule has 5 heterocycles. The van der Waals surface area contributed by atoms with Crippen molar-refractivity contribution < 1.29 is 14.0 Å². The van der Waals surface area contributed by atoms with Crippen LogP contribution in [0, 0.1) is 5.92 Å². The van der Waals surface area contributed by atoms with Gasteiger partial charge in [0, 0.05) is 49.8 Å². The van der Waals surface area contributed by atoms with Gasteiger partial charge in [-0.25, -0.2) is 4.98 Å². The smallest absolute Gasteiger partial charge is 0.275 e. The van der Waals surface area contributed by atoms with Crippen molar-refractivity contribution in [3.05, 3.63) is 88.0 Å². The molecule has 1 fully saturated rings. The molecule has 1 aromatic carbocycles. The summed E-state index contributed by atoms with van der Waals surface area (Å²) in [6.07, 6.45) is 3.35. The number of aromatic nitrogens is 2. The molecular formula is C24H22N4O4. The van der Waals surface area contributed by atoms with Crippen LogP contribution in [-0.4, -0.2) is 44.3 Å². The van der Waals surface area contributed by atoms with Crippen molar-refractivity contribution in [2.24, 2.45) is 5.92 Å². The molecule has 0 saturated carbocycles. The number of hydrogen-bond acceptors (Lipinski definition) is 5. The van der Waals surface area contributed by atoms with E-state index >= 15 is 0 Å². The van der Waals surface area contributed by atoms with Crippen LogP contribution in [0.15, 0.2) is 64.3 Å². The Morgan fingerprint density at radius 2 is 1.75 bits per heavy atom. The lowest BCUT2D eigenvalue weighted by molar-refractivity contribution is -0.138. The van der Waals surface area contributed by atoms with Crippen LogP contribution in [0.1, 0.15) is 45.7 Å². The van der Waals surface area contributed by atoms with Crippen molar-refractivity contribution >= 4 is 11.8 Å². The fourth-order valence-corrected chi connectivity index (χ4v) is 5.57. The van der Waals surface area contributed by atoms with E-state index < -0.39 is 6.04 Å². The Bertz CT molecular complexity index is 1240. The summed E-state index contributed by atoms with van der Waals surface area (Å²) in [5.41, 5.74) is 3.20. The summed E-state index contributed by atoms with van der Waals surface area (Å²) in [5, 5.41) is 0. The van der Waals surface area contributed by atoms with Gasteiger partial charge in [-0.3, -0.25) is 19.0 Å². The average molecular weight is 430 g/mol. The zero-order chi connectivity index (χ0) is 21.8. The zero-order valence-corrected chi connectivity index (χ0v) is 17.4. The first-order valence-corrected chi connectivity index (χ1v) is 10.8. The second-order valence-electron chi connectivity index (χ2n) is 8.84. The van der Waals surface area contributed by atoms with E-state index in [0.717, 1.165) is 23.2 Å².